The molecule has 412 valence electrons. The van der Waals surface area contributed by atoms with Gasteiger partial charge in [-0.15, -0.1) is 0 Å². The normalized spacial score (nSPS) is 22.7. The van der Waals surface area contributed by atoms with Gasteiger partial charge in [-0.25, -0.2) is 9.86 Å². The van der Waals surface area contributed by atoms with E-state index in [9.17, 15) is 38.4 Å². The molecule has 3 aliphatic heterocycles. The molecular weight excluding hydrogens is 951 g/mol. The van der Waals surface area contributed by atoms with Crippen molar-refractivity contribution < 1.29 is 52.7 Å². The summed E-state index contributed by atoms with van der Waals surface area (Å²) < 4.78 is 12.3. The second-order valence-corrected chi connectivity index (χ2v) is 21.3. The third-order valence-electron chi connectivity index (χ3n) is 15.5. The van der Waals surface area contributed by atoms with Crippen molar-refractivity contribution in [2.24, 2.45) is 23.7 Å². The highest BCUT2D eigenvalue weighted by atomic mass is 16.7. The molecule has 9 amide bonds. The molecule has 0 radical (unpaired) electrons. The smallest absolute Gasteiger partial charge is 0.314 e. The predicted octanol–water partition coefficient (Wildman–Crippen LogP) is 3.21. The van der Waals surface area contributed by atoms with Crippen molar-refractivity contribution in [2.75, 3.05) is 74.2 Å². The zero-order valence-electron chi connectivity index (χ0n) is 45.7. The standard InChI is InChI=1S/C54H85N9O11/c1-12-36(6)47(60(9)46(35(4)5)51(69)57-50(68)45(34(2)3)59(8)27-19-25-55-53(71)56-26-30-62-42(64)23-24-43(62)65)41(72-10)32-44(66)61-28-18-22-40(61)48(73-11)37(7)49(67)58-54(52(70)63-29-16-17-31-74-63)33-39(54)38-20-14-13-15-21-38/h13-15,20-21,23-24,34-37,39-41,45-48H,12,16-19,22,25-33H2,1-11H3,(H,58,67)(H2,55,56,71)(H,57,68,69)/t36-,37+,39+,40-,41+,45-,46-,47-,48?,54-/m0/s1. The second kappa shape index (κ2) is 27.5. The molecule has 74 heavy (non-hydrogen) atoms. The molecule has 1 aromatic rings. The zero-order valence-corrected chi connectivity index (χ0v) is 45.7. The first-order valence-corrected chi connectivity index (χ1v) is 26.7. The van der Waals surface area contributed by atoms with Crippen molar-refractivity contribution in [1.29, 1.82) is 0 Å². The number of nitrogens with one attached hydrogen (secondary N) is 4. The molecule has 2 saturated heterocycles. The Hall–Kier alpha value is -5.28. The van der Waals surface area contributed by atoms with Gasteiger partial charge in [0.05, 0.1) is 49.3 Å². The molecule has 0 spiro atoms. The molecule has 0 aromatic heterocycles. The van der Waals surface area contributed by atoms with Gasteiger partial charge < -0.3 is 30.3 Å². The summed E-state index contributed by atoms with van der Waals surface area (Å²) in [6, 6.07) is 6.97. The van der Waals surface area contributed by atoms with Gasteiger partial charge in [0.25, 0.3) is 17.7 Å². The van der Waals surface area contributed by atoms with Gasteiger partial charge in [0.2, 0.25) is 23.6 Å². The summed E-state index contributed by atoms with van der Waals surface area (Å²) in [4.78, 5) is 120. The van der Waals surface area contributed by atoms with E-state index < -0.39 is 77.5 Å². The van der Waals surface area contributed by atoms with Gasteiger partial charge in [-0.05, 0) is 75.9 Å². The van der Waals surface area contributed by atoms with Crippen LogP contribution in [-0.2, 0) is 47.9 Å². The minimum Gasteiger partial charge on any atom is -0.379 e. The topological polar surface area (TPSA) is 229 Å². The van der Waals surface area contributed by atoms with Crippen molar-refractivity contribution in [3.63, 3.8) is 0 Å². The summed E-state index contributed by atoms with van der Waals surface area (Å²) in [5.74, 6) is -3.91. The van der Waals surface area contributed by atoms with Gasteiger partial charge in [-0.1, -0.05) is 85.2 Å². The molecule has 5 rings (SSSR count). The number of carbonyl (C=O) groups excluding carboxylic acids is 8. The number of ether oxygens (including phenoxy) is 2. The third-order valence-corrected chi connectivity index (χ3v) is 15.5. The molecule has 1 unspecified atom stereocenters. The van der Waals surface area contributed by atoms with Crippen LogP contribution in [-0.4, -0.2) is 188 Å². The van der Waals surface area contributed by atoms with Crippen LogP contribution in [0.5, 0.6) is 0 Å². The molecule has 10 atom stereocenters. The number of carbonyl (C=O) groups is 8. The Bertz CT molecular complexity index is 2120. The number of nitrogens with zero attached hydrogens (tertiary/aromatic N) is 5. The first-order chi connectivity index (χ1) is 35.2. The van der Waals surface area contributed by atoms with Crippen LogP contribution in [0.3, 0.4) is 0 Å². The molecule has 0 bridgehead atoms. The number of amides is 9. The van der Waals surface area contributed by atoms with Crippen molar-refractivity contribution in [1.82, 2.24) is 45.9 Å². The van der Waals surface area contributed by atoms with E-state index in [1.54, 1.807) is 33.1 Å². The van der Waals surface area contributed by atoms with E-state index in [0.29, 0.717) is 64.9 Å². The Morgan fingerprint density at radius 3 is 2.07 bits per heavy atom. The highest BCUT2D eigenvalue weighted by Gasteiger charge is 2.64. The van der Waals surface area contributed by atoms with Crippen molar-refractivity contribution in [2.45, 2.75) is 148 Å². The highest BCUT2D eigenvalue weighted by Crippen LogP contribution is 2.53. The van der Waals surface area contributed by atoms with E-state index in [4.69, 9.17) is 14.3 Å². The van der Waals surface area contributed by atoms with Crippen molar-refractivity contribution in [3.05, 3.63) is 48.0 Å². The molecule has 20 heteroatoms. The fraction of sp³-hybridized carbons (Fsp3) is 0.704. The van der Waals surface area contributed by atoms with Crippen LogP contribution in [0.25, 0.3) is 0 Å². The summed E-state index contributed by atoms with van der Waals surface area (Å²) in [6.45, 7) is 15.8. The lowest BCUT2D eigenvalue weighted by Crippen LogP contribution is -2.60. The second-order valence-electron chi connectivity index (χ2n) is 21.3. The van der Waals surface area contributed by atoms with Crippen LogP contribution in [0.1, 0.15) is 111 Å². The molecule has 4 aliphatic rings. The Labute approximate surface area is 438 Å². The number of rotatable bonds is 27. The van der Waals surface area contributed by atoms with Gasteiger partial charge in [0.1, 0.15) is 5.54 Å². The maximum Gasteiger partial charge on any atom is 0.314 e. The lowest BCUT2D eigenvalue weighted by Gasteiger charge is -2.43. The van der Waals surface area contributed by atoms with Gasteiger partial charge in [0, 0.05) is 77.6 Å². The largest absolute Gasteiger partial charge is 0.379 e. The quantitative estimate of drug-likeness (QED) is 0.0735. The summed E-state index contributed by atoms with van der Waals surface area (Å²) in [5, 5.41) is 12.7. The van der Waals surface area contributed by atoms with E-state index in [1.807, 2.05) is 81.8 Å². The maximum absolute atomic E-state index is 14.6. The Morgan fingerprint density at radius 1 is 0.824 bits per heavy atom. The average Bonchev–Trinajstić information content (AvgIpc) is 3.72. The number of likely N-dealkylation sites (N-methyl/N-ethyl adjacent to an activating group) is 2. The molecule has 3 fully saturated rings. The maximum atomic E-state index is 14.6. The fourth-order valence-corrected chi connectivity index (χ4v) is 11.4. The summed E-state index contributed by atoms with van der Waals surface area (Å²) in [7, 11) is 6.76. The summed E-state index contributed by atoms with van der Waals surface area (Å²) in [6.07, 6.45) is 5.70. The monoisotopic (exact) mass is 1040 g/mol. The number of hydrogen-bond acceptors (Lipinski definition) is 13. The SMILES string of the molecule is CC[C@H](C)[C@@H]([C@@H](CC(=O)N1CCC[C@H]1C(OC)[C@@H](C)C(=O)N[C@@]1(C(=O)N2CCCCO2)C[C@@H]1c1ccccc1)OC)N(C)[C@H](C(=O)NC(=O)[C@H](C(C)C)N(C)CCCNC(=O)NCCN1C(=O)C=CC1=O)C(C)C. The highest BCUT2D eigenvalue weighted by molar-refractivity contribution is 6.12. The molecule has 4 N–H and O–H groups in total. The number of urea groups is 1. The Kier molecular flexibility index (Phi) is 22.1. The van der Waals surface area contributed by atoms with E-state index >= 15 is 0 Å². The number of imide groups is 2. The number of likely N-dealkylation sites (tertiary alicyclic amines) is 1. The van der Waals surface area contributed by atoms with Crippen LogP contribution in [0.2, 0.25) is 0 Å². The first-order valence-electron chi connectivity index (χ1n) is 26.7. The van der Waals surface area contributed by atoms with Crippen LogP contribution in [0.4, 0.5) is 4.79 Å². The van der Waals surface area contributed by atoms with Crippen molar-refractivity contribution in [3.8, 4) is 0 Å². The third kappa shape index (κ3) is 14.6. The van der Waals surface area contributed by atoms with Crippen LogP contribution in [0.15, 0.2) is 42.5 Å². The van der Waals surface area contributed by atoms with Gasteiger partial charge >= 0.3 is 6.03 Å². The van der Waals surface area contributed by atoms with Gasteiger partial charge in [-0.2, -0.15) is 0 Å². The van der Waals surface area contributed by atoms with Crippen LogP contribution >= 0.6 is 0 Å². The predicted molar refractivity (Wildman–Crippen MR) is 278 cm³/mol. The van der Waals surface area contributed by atoms with E-state index in [0.717, 1.165) is 23.3 Å². The molecule has 20 nitrogen and oxygen atoms in total. The van der Waals surface area contributed by atoms with Crippen LogP contribution < -0.4 is 21.3 Å². The number of benzene rings is 1. The number of hydrogen-bond donors (Lipinski definition) is 4. The Morgan fingerprint density at radius 2 is 1.47 bits per heavy atom. The number of methoxy groups -OCH3 is 2. The average molecular weight is 1040 g/mol. The van der Waals surface area contributed by atoms with E-state index in [2.05, 4.69) is 28.2 Å². The van der Waals surface area contributed by atoms with E-state index in [1.165, 1.54) is 17.2 Å². The lowest BCUT2D eigenvalue weighted by atomic mass is 9.87. The van der Waals surface area contributed by atoms with Gasteiger partial charge in [-0.3, -0.25) is 58.4 Å². The van der Waals surface area contributed by atoms with Crippen molar-refractivity contribution >= 4 is 47.4 Å². The fourth-order valence-electron chi connectivity index (χ4n) is 11.4. The summed E-state index contributed by atoms with van der Waals surface area (Å²) in [5.41, 5.74) is -0.202. The lowest BCUT2D eigenvalue weighted by molar-refractivity contribution is -0.200. The summed E-state index contributed by atoms with van der Waals surface area (Å²) >= 11 is 0. The molecular formula is C54H85N9O11. The molecule has 1 aromatic carbocycles. The minimum absolute atomic E-state index is 0.00397. The Balaban J connectivity index is 1.21. The van der Waals surface area contributed by atoms with E-state index in [-0.39, 0.29) is 60.9 Å². The number of hydroxylamine groups is 2. The van der Waals surface area contributed by atoms with Crippen LogP contribution in [0, 0.1) is 23.7 Å². The first kappa shape index (κ1) is 59.6. The molecule has 1 saturated carbocycles. The zero-order chi connectivity index (χ0) is 54.4. The minimum atomic E-state index is -1.16. The van der Waals surface area contributed by atoms with Gasteiger partial charge in [0.15, 0.2) is 0 Å². The molecule has 1 aliphatic carbocycles. The molecule has 3 heterocycles.